The lowest BCUT2D eigenvalue weighted by atomic mass is 9.84. The van der Waals surface area contributed by atoms with Crippen LogP contribution in [-0.2, 0) is 0 Å². The van der Waals surface area contributed by atoms with E-state index in [4.69, 9.17) is 4.42 Å². The highest BCUT2D eigenvalue weighted by molar-refractivity contribution is 5.81. The summed E-state index contributed by atoms with van der Waals surface area (Å²) in [6, 6.07) is 5.95. The highest BCUT2D eigenvalue weighted by atomic mass is 19.1. The lowest BCUT2D eigenvalue weighted by molar-refractivity contribution is 0.144. The van der Waals surface area contributed by atoms with Gasteiger partial charge in [0.15, 0.2) is 0 Å². The molecule has 164 valence electrons. The lowest BCUT2D eigenvalue weighted by Crippen LogP contribution is -2.39. The Hall–Kier alpha value is -2.97. The normalized spacial score (nSPS) is 19.5. The first-order valence-electron chi connectivity index (χ1n) is 10.2. The Labute approximate surface area is 179 Å². The quantitative estimate of drug-likeness (QED) is 0.458. The second-order valence-electron chi connectivity index (χ2n) is 9.14. The molecule has 8 heteroatoms. The molecule has 0 spiro atoms. The van der Waals surface area contributed by atoms with E-state index in [2.05, 4.69) is 16.0 Å². The predicted molar refractivity (Wildman–Crippen MR) is 117 cm³/mol. The van der Waals surface area contributed by atoms with Gasteiger partial charge in [-0.05, 0) is 43.0 Å². The van der Waals surface area contributed by atoms with Crippen molar-refractivity contribution in [2.24, 2.45) is 5.41 Å². The summed E-state index contributed by atoms with van der Waals surface area (Å²) in [7, 11) is 0. The minimum absolute atomic E-state index is 0.0156. The molecule has 0 fully saturated rings. The predicted octanol–water partition coefficient (Wildman–Crippen LogP) is 3.92. The number of aliphatic hydroxyl groups excluding tert-OH is 1. The van der Waals surface area contributed by atoms with Gasteiger partial charge in [0.1, 0.15) is 34.9 Å². The molecule has 31 heavy (non-hydrogen) atoms. The highest BCUT2D eigenvalue weighted by Crippen LogP contribution is 2.41. The van der Waals surface area contributed by atoms with Gasteiger partial charge in [-0.15, -0.1) is 0 Å². The van der Waals surface area contributed by atoms with E-state index >= 15 is 0 Å². The number of fused-ring (bicyclic) bond motifs is 1. The fourth-order valence-corrected chi connectivity index (χ4v) is 4.06. The number of aryl methyl sites for hydroxylation is 1. The maximum absolute atomic E-state index is 14.7. The minimum atomic E-state index is -1.08. The molecule has 0 radical (unpaired) electrons. The number of rotatable bonds is 5. The van der Waals surface area contributed by atoms with Crippen LogP contribution in [0.1, 0.15) is 68.7 Å². The van der Waals surface area contributed by atoms with Crippen molar-refractivity contribution in [3.05, 3.63) is 73.2 Å². The van der Waals surface area contributed by atoms with Gasteiger partial charge in [-0.25, -0.2) is 4.39 Å². The van der Waals surface area contributed by atoms with Gasteiger partial charge < -0.3 is 20.2 Å². The molecule has 1 aromatic heterocycles. The number of anilines is 3. The monoisotopic (exact) mass is 427 g/mol. The summed E-state index contributed by atoms with van der Waals surface area (Å²) in [4.78, 5) is 24.8. The van der Waals surface area contributed by atoms with E-state index in [1.54, 1.807) is 6.07 Å². The molecule has 1 unspecified atom stereocenters. The van der Waals surface area contributed by atoms with Crippen molar-refractivity contribution in [3.63, 3.8) is 0 Å². The summed E-state index contributed by atoms with van der Waals surface area (Å²) < 4.78 is 20.4. The zero-order valence-corrected chi connectivity index (χ0v) is 18.1. The molecule has 1 aliphatic rings. The molecular formula is C23H26FN3O4. The number of hydrogen-bond acceptors (Lipinski definition) is 7. The average molecular weight is 427 g/mol. The first-order chi connectivity index (χ1) is 14.5. The van der Waals surface area contributed by atoms with E-state index in [9.17, 15) is 19.1 Å². The minimum Gasteiger partial charge on any atom is -0.464 e. The van der Waals surface area contributed by atoms with E-state index < -0.39 is 28.9 Å². The lowest BCUT2D eigenvalue weighted by Gasteiger charge is -2.31. The maximum Gasteiger partial charge on any atom is 0.253 e. The topological polar surface area (TPSA) is 104 Å². The third-order valence-electron chi connectivity index (χ3n) is 5.74. The molecule has 0 saturated heterocycles. The number of benzene rings is 1. The number of furan rings is 1. The van der Waals surface area contributed by atoms with Crippen LogP contribution in [0.4, 0.5) is 21.5 Å². The van der Waals surface area contributed by atoms with Gasteiger partial charge in [-0.1, -0.05) is 26.8 Å². The molecule has 0 amide bonds. The Morgan fingerprint density at radius 2 is 1.77 bits per heavy atom. The summed E-state index contributed by atoms with van der Waals surface area (Å²) in [5.41, 5.74) is -0.680. The van der Waals surface area contributed by atoms with Gasteiger partial charge in [0.25, 0.3) is 10.9 Å². The molecule has 0 saturated carbocycles. The SMILES string of the molecule is Cc1ccc([C@H](Nc2c(Nc3c(F)ccc4c3C(O)N[C@@H]4C)c(=O)c2=O)C(C)(C)C)o1. The van der Waals surface area contributed by atoms with Gasteiger partial charge in [-0.3, -0.25) is 14.9 Å². The molecule has 3 aromatic rings. The number of nitrogens with one attached hydrogen (secondary N) is 3. The van der Waals surface area contributed by atoms with Gasteiger partial charge in [-0.2, -0.15) is 0 Å². The smallest absolute Gasteiger partial charge is 0.253 e. The second-order valence-corrected chi connectivity index (χ2v) is 9.14. The summed E-state index contributed by atoms with van der Waals surface area (Å²) in [6.07, 6.45) is -1.08. The largest absolute Gasteiger partial charge is 0.464 e. The van der Waals surface area contributed by atoms with Gasteiger partial charge >= 0.3 is 0 Å². The third-order valence-corrected chi connectivity index (χ3v) is 5.74. The van der Waals surface area contributed by atoms with E-state index in [1.165, 1.54) is 6.07 Å². The Morgan fingerprint density at radius 1 is 1.10 bits per heavy atom. The van der Waals surface area contributed by atoms with Crippen LogP contribution in [0.15, 0.2) is 38.3 Å². The zero-order chi connectivity index (χ0) is 22.7. The van der Waals surface area contributed by atoms with Crippen LogP contribution < -0.4 is 26.8 Å². The van der Waals surface area contributed by atoms with Crippen molar-refractivity contribution in [1.29, 1.82) is 0 Å². The molecule has 2 heterocycles. The summed E-state index contributed by atoms with van der Waals surface area (Å²) in [6.45, 7) is 9.61. The second kappa shape index (κ2) is 7.32. The molecular weight excluding hydrogens is 401 g/mol. The Morgan fingerprint density at radius 3 is 2.39 bits per heavy atom. The first-order valence-corrected chi connectivity index (χ1v) is 10.2. The van der Waals surface area contributed by atoms with Gasteiger partial charge in [0, 0.05) is 11.6 Å². The summed E-state index contributed by atoms with van der Waals surface area (Å²) >= 11 is 0. The Kier molecular flexibility index (Phi) is 5.02. The van der Waals surface area contributed by atoms with Gasteiger partial charge in [0.05, 0.1) is 11.7 Å². The summed E-state index contributed by atoms with van der Waals surface area (Å²) in [5.74, 6) is 0.734. The number of hydrogen-bond donors (Lipinski definition) is 4. The first kappa shape index (κ1) is 21.3. The van der Waals surface area contributed by atoms with Crippen molar-refractivity contribution < 1.29 is 13.9 Å². The maximum atomic E-state index is 14.7. The van der Waals surface area contributed by atoms with Crippen LogP contribution in [0.3, 0.4) is 0 Å². The number of halogens is 1. The van der Waals surface area contributed by atoms with Crippen LogP contribution in [0.5, 0.6) is 0 Å². The molecule has 3 atom stereocenters. The number of aliphatic hydroxyl groups is 1. The Bertz CT molecular complexity index is 1220. The Balaban J connectivity index is 1.72. The molecule has 0 bridgehead atoms. The standard InChI is InChI=1S/C23H26FN3O4/c1-10-6-9-14(31-10)21(23(3,4)5)27-18-17(19(28)20(18)29)26-16-13(24)8-7-12-11(2)25-22(30)15(12)16/h6-9,11,21-22,25-27,30H,1-5H3/t11-,21+,22?/m1/s1. The van der Waals surface area contributed by atoms with Crippen molar-refractivity contribution in [2.75, 3.05) is 10.6 Å². The van der Waals surface area contributed by atoms with Crippen LogP contribution in [0, 0.1) is 18.2 Å². The molecule has 7 nitrogen and oxygen atoms in total. The third kappa shape index (κ3) is 3.55. The van der Waals surface area contributed by atoms with Crippen LogP contribution in [-0.4, -0.2) is 5.11 Å². The molecule has 1 aliphatic heterocycles. The van der Waals surface area contributed by atoms with E-state index in [-0.39, 0.29) is 28.5 Å². The fraction of sp³-hybridized carbons (Fsp3) is 0.391. The van der Waals surface area contributed by atoms with Crippen molar-refractivity contribution in [2.45, 2.75) is 52.9 Å². The van der Waals surface area contributed by atoms with Crippen LogP contribution >= 0.6 is 0 Å². The van der Waals surface area contributed by atoms with Crippen LogP contribution in [0.25, 0.3) is 0 Å². The molecule has 4 rings (SSSR count). The van der Waals surface area contributed by atoms with E-state index in [1.807, 2.05) is 46.8 Å². The van der Waals surface area contributed by atoms with Crippen molar-refractivity contribution in [1.82, 2.24) is 5.32 Å². The van der Waals surface area contributed by atoms with E-state index in [0.717, 1.165) is 11.3 Å². The fourth-order valence-electron chi connectivity index (χ4n) is 4.06. The summed E-state index contributed by atoms with van der Waals surface area (Å²) in [5, 5.41) is 19.2. The van der Waals surface area contributed by atoms with Crippen LogP contribution in [0.2, 0.25) is 0 Å². The van der Waals surface area contributed by atoms with Gasteiger partial charge in [0.2, 0.25) is 0 Å². The zero-order valence-electron chi connectivity index (χ0n) is 18.1. The average Bonchev–Trinajstić information content (AvgIpc) is 3.23. The molecule has 0 aliphatic carbocycles. The molecule has 4 N–H and O–H groups in total. The van der Waals surface area contributed by atoms with Crippen molar-refractivity contribution >= 4 is 17.1 Å². The van der Waals surface area contributed by atoms with Crippen molar-refractivity contribution in [3.8, 4) is 0 Å². The molecule has 2 aromatic carbocycles. The van der Waals surface area contributed by atoms with E-state index in [0.29, 0.717) is 11.3 Å². The highest BCUT2D eigenvalue weighted by Gasteiger charge is 2.35.